The normalized spacial score (nSPS) is 16.4. The first-order valence-electron chi connectivity index (χ1n) is 11.6. The van der Waals surface area contributed by atoms with E-state index in [1.807, 2.05) is 16.3 Å². The van der Waals surface area contributed by atoms with Gasteiger partial charge in [-0.2, -0.15) is 10.4 Å². The number of aliphatic hydroxyl groups is 2. The molecule has 1 aromatic carbocycles. The van der Waals surface area contributed by atoms with Crippen molar-refractivity contribution in [3.63, 3.8) is 0 Å². The summed E-state index contributed by atoms with van der Waals surface area (Å²) >= 11 is 1.58. The second kappa shape index (κ2) is 10.4. The number of benzene rings is 1. The Morgan fingerprint density at radius 1 is 1.31 bits per heavy atom. The molecule has 1 aliphatic heterocycles. The predicted molar refractivity (Wildman–Crippen MR) is 130 cm³/mol. The van der Waals surface area contributed by atoms with Crippen molar-refractivity contribution >= 4 is 23.8 Å². The Balaban J connectivity index is 1.42. The summed E-state index contributed by atoms with van der Waals surface area (Å²) in [5, 5.41) is 35.1. The van der Waals surface area contributed by atoms with Crippen LogP contribution in [-0.2, 0) is 20.0 Å². The van der Waals surface area contributed by atoms with E-state index < -0.39 is 0 Å². The summed E-state index contributed by atoms with van der Waals surface area (Å²) in [4.78, 5) is 28.1. The van der Waals surface area contributed by atoms with Crippen molar-refractivity contribution in [1.82, 2.24) is 24.3 Å². The molecule has 3 N–H and O–H groups in total. The van der Waals surface area contributed by atoms with Crippen LogP contribution in [0.25, 0.3) is 0 Å². The number of likely N-dealkylation sites (N-methyl/N-ethyl adjacent to an activating group) is 1. The molecule has 10 nitrogen and oxygen atoms in total. The molecule has 0 spiro atoms. The molecule has 35 heavy (non-hydrogen) atoms. The molecule has 0 saturated heterocycles. The molecule has 186 valence electrons. The van der Waals surface area contributed by atoms with E-state index in [1.54, 1.807) is 43.3 Å². The summed E-state index contributed by atoms with van der Waals surface area (Å²) in [5.74, 6) is -0.467. The molecule has 0 unspecified atom stereocenters. The number of aliphatic hydroxyl groups excluding tert-OH is 2. The molecule has 4 rings (SSSR count). The van der Waals surface area contributed by atoms with E-state index in [0.717, 1.165) is 18.4 Å². The lowest BCUT2D eigenvalue weighted by molar-refractivity contribution is 0.0724. The zero-order valence-electron chi connectivity index (χ0n) is 19.9. The van der Waals surface area contributed by atoms with Gasteiger partial charge in [0.25, 0.3) is 11.8 Å². The van der Waals surface area contributed by atoms with Crippen LogP contribution < -0.4 is 5.32 Å². The van der Waals surface area contributed by atoms with E-state index in [1.165, 1.54) is 4.68 Å². The number of carbonyl (C=O) groups is 2. The van der Waals surface area contributed by atoms with E-state index >= 15 is 0 Å². The second-order valence-corrected chi connectivity index (χ2v) is 10.7. The Morgan fingerprint density at radius 3 is 2.60 bits per heavy atom. The maximum Gasteiger partial charge on any atom is 0.272 e. The highest BCUT2D eigenvalue weighted by molar-refractivity contribution is 7.98. The Hall–Kier alpha value is -2.91. The molecular formula is C24H30N6O4S. The van der Waals surface area contributed by atoms with Gasteiger partial charge >= 0.3 is 0 Å². The molecule has 2 amide bonds. The van der Waals surface area contributed by atoms with Crippen molar-refractivity contribution in [3.05, 3.63) is 52.3 Å². The molecule has 1 fully saturated rings. The maximum atomic E-state index is 13.4. The molecule has 1 saturated carbocycles. The first kappa shape index (κ1) is 25.2. The number of nitrogens with zero attached hydrogens (tertiary/aromatic N) is 5. The molecular weight excluding hydrogens is 468 g/mol. The number of nitriles is 1. The Morgan fingerprint density at radius 2 is 2.00 bits per heavy atom. The highest BCUT2D eigenvalue weighted by Gasteiger charge is 2.48. The average Bonchev–Trinajstić information content (AvgIpc) is 3.52. The fraction of sp³-hybridized carbons (Fsp3) is 0.500. The number of hydrogen-bond donors (Lipinski definition) is 3. The van der Waals surface area contributed by atoms with E-state index in [2.05, 4.69) is 16.5 Å². The van der Waals surface area contributed by atoms with Gasteiger partial charge in [0, 0.05) is 37.0 Å². The SMILES string of the molecule is CN(SC1(CN2CCc3c(C(=O)NCc4ccc(C#N)cc4)nn(C)c3C2=O)CC1)C(CO)CO. The lowest BCUT2D eigenvalue weighted by atomic mass is 10.0. The third-order valence-electron chi connectivity index (χ3n) is 6.58. The van der Waals surface area contributed by atoms with Crippen molar-refractivity contribution in [1.29, 1.82) is 5.26 Å². The van der Waals surface area contributed by atoms with E-state index in [4.69, 9.17) is 5.26 Å². The Labute approximate surface area is 208 Å². The number of nitrogens with one attached hydrogen (secondary N) is 1. The molecule has 0 atom stereocenters. The van der Waals surface area contributed by atoms with Gasteiger partial charge in [-0.15, -0.1) is 0 Å². The molecule has 1 aromatic heterocycles. The Bertz CT molecular complexity index is 1130. The number of amides is 2. The molecule has 2 heterocycles. The monoisotopic (exact) mass is 498 g/mol. The minimum atomic E-state index is -0.344. The van der Waals surface area contributed by atoms with Crippen LogP contribution in [0.15, 0.2) is 24.3 Å². The van der Waals surface area contributed by atoms with Gasteiger partial charge in [-0.25, -0.2) is 4.31 Å². The minimum Gasteiger partial charge on any atom is -0.395 e. The maximum absolute atomic E-state index is 13.4. The number of rotatable bonds is 10. The number of hydrogen-bond acceptors (Lipinski definition) is 8. The molecule has 0 radical (unpaired) electrons. The molecule has 2 aromatic rings. The van der Waals surface area contributed by atoms with Gasteiger partial charge in [-0.3, -0.25) is 14.3 Å². The molecule has 1 aliphatic carbocycles. The second-order valence-electron chi connectivity index (χ2n) is 9.11. The van der Waals surface area contributed by atoms with Crippen LogP contribution in [0.4, 0.5) is 0 Å². The largest absolute Gasteiger partial charge is 0.395 e. The highest BCUT2D eigenvalue weighted by Crippen LogP contribution is 2.50. The molecule has 2 aliphatic rings. The summed E-state index contributed by atoms with van der Waals surface area (Å²) in [7, 11) is 3.53. The lowest BCUT2D eigenvalue weighted by Gasteiger charge is -2.33. The van der Waals surface area contributed by atoms with Crippen LogP contribution in [-0.4, -0.2) is 85.2 Å². The van der Waals surface area contributed by atoms with Crippen LogP contribution >= 0.6 is 11.9 Å². The average molecular weight is 499 g/mol. The van der Waals surface area contributed by atoms with E-state index in [-0.39, 0.29) is 41.5 Å². The molecule has 0 bridgehead atoms. The standard InChI is InChI=1S/C24H30N6O4S/c1-28-21-19(20(27-28)22(33)26-12-17-5-3-16(11-25)4-6-17)7-10-30(23(21)34)15-24(8-9-24)35-29(2)18(13-31)14-32/h3-6,18,31-32H,7-10,12-15H2,1-2H3,(H,26,33). The van der Waals surface area contributed by atoms with Gasteiger partial charge < -0.3 is 20.4 Å². The van der Waals surface area contributed by atoms with Crippen LogP contribution in [0.2, 0.25) is 0 Å². The zero-order valence-corrected chi connectivity index (χ0v) is 20.7. The van der Waals surface area contributed by atoms with E-state index in [0.29, 0.717) is 42.9 Å². The van der Waals surface area contributed by atoms with Crippen molar-refractivity contribution in [2.75, 3.05) is 33.4 Å². The van der Waals surface area contributed by atoms with Gasteiger partial charge in [-0.1, -0.05) is 24.1 Å². The summed E-state index contributed by atoms with van der Waals surface area (Å²) in [6.07, 6.45) is 2.45. The first-order chi connectivity index (χ1) is 16.8. The quantitative estimate of drug-likeness (QED) is 0.407. The number of aryl methyl sites for hydroxylation is 1. The third kappa shape index (κ3) is 5.36. The van der Waals surface area contributed by atoms with Crippen LogP contribution in [0.5, 0.6) is 0 Å². The van der Waals surface area contributed by atoms with Gasteiger partial charge in [-0.05, 0) is 44.0 Å². The first-order valence-corrected chi connectivity index (χ1v) is 12.3. The minimum absolute atomic E-state index is 0.121. The Kier molecular flexibility index (Phi) is 7.47. The van der Waals surface area contributed by atoms with Crippen molar-refractivity contribution in [3.8, 4) is 6.07 Å². The number of fused-ring (bicyclic) bond motifs is 1. The van der Waals surface area contributed by atoms with Gasteiger partial charge in [0.15, 0.2) is 5.69 Å². The van der Waals surface area contributed by atoms with Crippen molar-refractivity contribution in [2.24, 2.45) is 7.05 Å². The van der Waals surface area contributed by atoms with Gasteiger partial charge in [0.05, 0.1) is 30.9 Å². The topological polar surface area (TPSA) is 135 Å². The summed E-state index contributed by atoms with van der Waals surface area (Å²) in [6.45, 7) is 1.10. The summed E-state index contributed by atoms with van der Waals surface area (Å²) in [5.41, 5.74) is 2.81. The van der Waals surface area contributed by atoms with E-state index in [9.17, 15) is 19.8 Å². The fourth-order valence-corrected chi connectivity index (χ4v) is 5.69. The van der Waals surface area contributed by atoms with Crippen molar-refractivity contribution in [2.45, 2.75) is 36.6 Å². The van der Waals surface area contributed by atoms with Gasteiger partial charge in [0.2, 0.25) is 0 Å². The number of aromatic nitrogens is 2. The fourth-order valence-electron chi connectivity index (χ4n) is 4.30. The van der Waals surface area contributed by atoms with Gasteiger partial charge in [0.1, 0.15) is 5.69 Å². The third-order valence-corrected chi connectivity index (χ3v) is 8.09. The predicted octanol–water partition coefficient (Wildman–Crippen LogP) is 0.686. The smallest absolute Gasteiger partial charge is 0.272 e. The van der Waals surface area contributed by atoms with Crippen LogP contribution in [0.3, 0.4) is 0 Å². The molecule has 11 heteroatoms. The lowest BCUT2D eigenvalue weighted by Crippen LogP contribution is -2.44. The van der Waals surface area contributed by atoms with Crippen LogP contribution in [0, 0.1) is 11.3 Å². The highest BCUT2D eigenvalue weighted by atomic mass is 32.2. The number of carbonyl (C=O) groups excluding carboxylic acids is 2. The zero-order chi connectivity index (χ0) is 25.2. The summed E-state index contributed by atoms with van der Waals surface area (Å²) in [6, 6.07) is 8.71. The van der Waals surface area contributed by atoms with Crippen LogP contribution in [0.1, 0.15) is 50.5 Å². The van der Waals surface area contributed by atoms with Crippen molar-refractivity contribution < 1.29 is 19.8 Å². The summed E-state index contributed by atoms with van der Waals surface area (Å²) < 4.78 is 3.25.